The van der Waals surface area contributed by atoms with Crippen LogP contribution < -0.4 is 4.74 Å². The second kappa shape index (κ2) is 5.81. The van der Waals surface area contributed by atoms with Crippen molar-refractivity contribution in [1.29, 1.82) is 0 Å². The van der Waals surface area contributed by atoms with Gasteiger partial charge in [-0.3, -0.25) is 0 Å². The first-order valence-electron chi connectivity index (χ1n) is 8.25. The Bertz CT molecular complexity index is 635. The average molecular weight is 297 g/mol. The summed E-state index contributed by atoms with van der Waals surface area (Å²) in [6, 6.07) is 10.6. The highest BCUT2D eigenvalue weighted by molar-refractivity contribution is 5.44. The molecule has 1 saturated heterocycles. The van der Waals surface area contributed by atoms with E-state index in [0.29, 0.717) is 5.92 Å². The summed E-state index contributed by atoms with van der Waals surface area (Å²) in [5.41, 5.74) is 2.97. The summed E-state index contributed by atoms with van der Waals surface area (Å²) in [7, 11) is 1.78. The maximum atomic E-state index is 5.56. The molecule has 0 spiro atoms. The van der Waals surface area contributed by atoms with Crippen LogP contribution in [0.15, 0.2) is 41.0 Å². The molecular weight excluding hydrogens is 274 g/mol. The number of methoxy groups -OCH3 is 1. The maximum Gasteiger partial charge on any atom is 0.122 e. The molecule has 2 aliphatic rings. The van der Waals surface area contributed by atoms with Gasteiger partial charge in [0.15, 0.2) is 0 Å². The number of benzene rings is 1. The minimum atomic E-state index is 0.676. The van der Waals surface area contributed by atoms with E-state index in [1.54, 1.807) is 13.4 Å². The lowest BCUT2D eigenvalue weighted by molar-refractivity contribution is 0.315. The largest absolute Gasteiger partial charge is 0.496 e. The van der Waals surface area contributed by atoms with E-state index in [2.05, 4.69) is 29.2 Å². The summed E-state index contributed by atoms with van der Waals surface area (Å²) in [5.74, 6) is 3.65. The summed E-state index contributed by atoms with van der Waals surface area (Å²) in [6.07, 6.45) is 5.22. The van der Waals surface area contributed by atoms with Crippen molar-refractivity contribution in [3.05, 3.63) is 53.5 Å². The van der Waals surface area contributed by atoms with Crippen molar-refractivity contribution in [2.24, 2.45) is 5.92 Å². The molecule has 3 heteroatoms. The van der Waals surface area contributed by atoms with E-state index in [1.807, 2.05) is 6.07 Å². The Labute approximate surface area is 131 Å². The summed E-state index contributed by atoms with van der Waals surface area (Å²) in [5, 5.41) is 0. The molecule has 4 rings (SSSR count). The highest BCUT2D eigenvalue weighted by atomic mass is 16.5. The number of ether oxygens (including phenoxy) is 1. The van der Waals surface area contributed by atoms with Gasteiger partial charge in [0.25, 0.3) is 0 Å². The van der Waals surface area contributed by atoms with E-state index in [-0.39, 0.29) is 0 Å². The van der Waals surface area contributed by atoms with E-state index >= 15 is 0 Å². The van der Waals surface area contributed by atoms with E-state index in [1.165, 1.54) is 30.6 Å². The lowest BCUT2D eigenvalue weighted by atomic mass is 9.77. The van der Waals surface area contributed by atoms with Gasteiger partial charge in [-0.2, -0.15) is 0 Å². The van der Waals surface area contributed by atoms with Gasteiger partial charge >= 0.3 is 0 Å². The third kappa shape index (κ3) is 2.44. The molecule has 2 aromatic rings. The fourth-order valence-electron chi connectivity index (χ4n) is 4.23. The van der Waals surface area contributed by atoms with Crippen LogP contribution in [0.4, 0.5) is 0 Å². The van der Waals surface area contributed by atoms with Crippen LogP contribution in [0, 0.1) is 5.92 Å². The number of rotatable bonds is 4. The molecule has 0 N–H and O–H groups in total. The van der Waals surface area contributed by atoms with Gasteiger partial charge in [0.05, 0.1) is 13.4 Å². The smallest absolute Gasteiger partial charge is 0.122 e. The number of hydrogen-bond donors (Lipinski definition) is 0. The predicted molar refractivity (Wildman–Crippen MR) is 86.4 cm³/mol. The zero-order valence-electron chi connectivity index (χ0n) is 13.1. The molecule has 2 atom stereocenters. The maximum absolute atomic E-state index is 5.56. The Hall–Kier alpha value is -1.74. The molecule has 22 heavy (non-hydrogen) atoms. The molecule has 0 amide bonds. The predicted octanol–water partition coefficient (Wildman–Crippen LogP) is 3.49. The van der Waals surface area contributed by atoms with E-state index in [4.69, 9.17) is 9.15 Å². The van der Waals surface area contributed by atoms with Crippen LogP contribution in [0.3, 0.4) is 0 Å². The van der Waals surface area contributed by atoms with Crippen molar-refractivity contribution in [2.45, 2.75) is 25.2 Å². The van der Waals surface area contributed by atoms with Crippen LogP contribution in [0.25, 0.3) is 0 Å². The van der Waals surface area contributed by atoms with Gasteiger partial charge < -0.3 is 14.1 Å². The first-order chi connectivity index (χ1) is 10.8. The number of furan rings is 1. The molecule has 3 nitrogen and oxygen atoms in total. The minimum Gasteiger partial charge on any atom is -0.496 e. The molecular formula is C19H23NO2. The standard InChI is InChI=1S/C19H23NO2/c1-21-19-6-2-5-16-17(19)8-7-14-12-20(13-18(14)16)10-9-15-4-3-11-22-15/h2-6,11,14,18H,7-10,12-13H2,1H3/t14-,18+/m0/s1. The quantitative estimate of drug-likeness (QED) is 0.864. The molecule has 1 aromatic carbocycles. The van der Waals surface area contributed by atoms with Crippen LogP contribution in [0.5, 0.6) is 5.75 Å². The number of fused-ring (bicyclic) bond motifs is 3. The summed E-state index contributed by atoms with van der Waals surface area (Å²) >= 11 is 0. The van der Waals surface area contributed by atoms with Crippen LogP contribution in [-0.2, 0) is 12.8 Å². The Balaban J connectivity index is 1.48. The van der Waals surface area contributed by atoms with Gasteiger partial charge in [0.2, 0.25) is 0 Å². The molecule has 1 aliphatic heterocycles. The van der Waals surface area contributed by atoms with Gasteiger partial charge in [-0.25, -0.2) is 0 Å². The Morgan fingerprint density at radius 1 is 1.23 bits per heavy atom. The number of likely N-dealkylation sites (tertiary alicyclic amines) is 1. The van der Waals surface area contributed by atoms with Crippen molar-refractivity contribution >= 4 is 0 Å². The topological polar surface area (TPSA) is 25.6 Å². The SMILES string of the molecule is COc1cccc2c1CC[C@H]1CN(CCc3ccco3)C[C@@H]21. The Morgan fingerprint density at radius 3 is 3.00 bits per heavy atom. The zero-order chi connectivity index (χ0) is 14.9. The van der Waals surface area contributed by atoms with Crippen LogP contribution in [-0.4, -0.2) is 31.6 Å². The van der Waals surface area contributed by atoms with Crippen LogP contribution in [0.1, 0.15) is 29.2 Å². The Morgan fingerprint density at radius 2 is 2.18 bits per heavy atom. The molecule has 0 radical (unpaired) electrons. The molecule has 0 bridgehead atoms. The summed E-state index contributed by atoms with van der Waals surface area (Å²) in [6.45, 7) is 3.49. The van der Waals surface area contributed by atoms with E-state index < -0.39 is 0 Å². The highest BCUT2D eigenvalue weighted by Crippen LogP contribution is 2.43. The normalized spacial score (nSPS) is 24.0. The fourth-order valence-corrected chi connectivity index (χ4v) is 4.23. The van der Waals surface area contributed by atoms with Crippen molar-refractivity contribution in [3.8, 4) is 5.75 Å². The van der Waals surface area contributed by atoms with Gasteiger partial charge in [-0.05, 0) is 48.1 Å². The average Bonchev–Trinajstić information content (AvgIpc) is 3.21. The fraction of sp³-hybridized carbons (Fsp3) is 0.474. The van der Waals surface area contributed by atoms with E-state index in [0.717, 1.165) is 36.8 Å². The Kier molecular flexibility index (Phi) is 3.67. The molecule has 116 valence electrons. The zero-order valence-corrected chi connectivity index (χ0v) is 13.1. The highest BCUT2D eigenvalue weighted by Gasteiger charge is 2.37. The van der Waals surface area contributed by atoms with Crippen molar-refractivity contribution in [2.75, 3.05) is 26.7 Å². The molecule has 1 fully saturated rings. The lowest BCUT2D eigenvalue weighted by Crippen LogP contribution is -2.23. The first-order valence-corrected chi connectivity index (χ1v) is 8.25. The van der Waals surface area contributed by atoms with E-state index in [9.17, 15) is 0 Å². The monoisotopic (exact) mass is 297 g/mol. The lowest BCUT2D eigenvalue weighted by Gasteiger charge is -2.28. The van der Waals surface area contributed by atoms with Crippen molar-refractivity contribution in [3.63, 3.8) is 0 Å². The second-order valence-corrected chi connectivity index (χ2v) is 6.52. The van der Waals surface area contributed by atoms with Crippen LogP contribution in [0.2, 0.25) is 0 Å². The minimum absolute atomic E-state index is 0.676. The second-order valence-electron chi connectivity index (χ2n) is 6.52. The third-order valence-electron chi connectivity index (χ3n) is 5.32. The van der Waals surface area contributed by atoms with Crippen molar-refractivity contribution < 1.29 is 9.15 Å². The molecule has 0 saturated carbocycles. The third-order valence-corrected chi connectivity index (χ3v) is 5.32. The molecule has 1 aromatic heterocycles. The molecule has 2 heterocycles. The summed E-state index contributed by atoms with van der Waals surface area (Å²) in [4.78, 5) is 2.60. The van der Waals surface area contributed by atoms with Gasteiger partial charge in [0.1, 0.15) is 11.5 Å². The summed E-state index contributed by atoms with van der Waals surface area (Å²) < 4.78 is 11.0. The van der Waals surface area contributed by atoms with Crippen LogP contribution >= 0.6 is 0 Å². The number of hydrogen-bond acceptors (Lipinski definition) is 3. The first kappa shape index (κ1) is 13.9. The van der Waals surface area contributed by atoms with Gasteiger partial charge in [-0.1, -0.05) is 12.1 Å². The van der Waals surface area contributed by atoms with Crippen molar-refractivity contribution in [1.82, 2.24) is 4.90 Å². The molecule has 1 aliphatic carbocycles. The molecule has 0 unspecified atom stereocenters. The number of nitrogens with zero attached hydrogens (tertiary/aromatic N) is 1. The van der Waals surface area contributed by atoms with Gasteiger partial charge in [-0.15, -0.1) is 0 Å². The van der Waals surface area contributed by atoms with Gasteiger partial charge in [0, 0.05) is 32.0 Å².